The van der Waals surface area contributed by atoms with Crippen LogP contribution in [0.25, 0.3) is 0 Å². The van der Waals surface area contributed by atoms with Crippen molar-refractivity contribution >= 4 is 46.7 Å². The van der Waals surface area contributed by atoms with E-state index in [0.29, 0.717) is 24.1 Å². The number of hydrogen-bond donors (Lipinski definition) is 4. The maximum atomic E-state index is 12.2. The van der Waals surface area contributed by atoms with Gasteiger partial charge in [0.15, 0.2) is 5.11 Å². The Morgan fingerprint density at radius 3 is 2.26 bits per heavy atom. The molecule has 0 bridgehead atoms. The van der Waals surface area contributed by atoms with Crippen LogP contribution in [-0.4, -0.2) is 35.4 Å². The number of carbonyl (C=O) groups is 4. The first-order valence-electron chi connectivity index (χ1n) is 11.4. The predicted octanol–water partition coefficient (Wildman–Crippen LogP) is 3.02. The summed E-state index contributed by atoms with van der Waals surface area (Å²) < 4.78 is 5.14. The Morgan fingerprint density at radius 1 is 0.857 bits per heavy atom. The lowest BCUT2D eigenvalue weighted by molar-refractivity contribution is -0.145. The Labute approximate surface area is 210 Å². The molecule has 3 amide bonds. The molecule has 2 aromatic rings. The maximum absolute atomic E-state index is 12.2. The molecule has 2 rings (SSSR count). The lowest BCUT2D eigenvalue weighted by Gasteiger charge is -2.11. The van der Waals surface area contributed by atoms with Gasteiger partial charge in [-0.2, -0.15) is 0 Å². The lowest BCUT2D eigenvalue weighted by atomic mass is 10.1. The number of nitrogens with one attached hydrogen (secondary N) is 4. The van der Waals surface area contributed by atoms with Crippen LogP contribution in [0.3, 0.4) is 0 Å². The van der Waals surface area contributed by atoms with E-state index in [2.05, 4.69) is 21.5 Å². The monoisotopic (exact) mass is 498 g/mol. The number of hydrogen-bond acceptors (Lipinski definition) is 6. The minimum atomic E-state index is -0.481. The number of rotatable bonds is 11. The van der Waals surface area contributed by atoms with Gasteiger partial charge in [-0.05, 0) is 61.3 Å². The van der Waals surface area contributed by atoms with E-state index in [9.17, 15) is 19.2 Å². The zero-order valence-corrected chi connectivity index (χ0v) is 20.4. The zero-order valence-electron chi connectivity index (χ0n) is 19.6. The summed E-state index contributed by atoms with van der Waals surface area (Å²) in [6.07, 6.45) is 2.50. The first-order valence-corrected chi connectivity index (χ1v) is 11.8. The van der Waals surface area contributed by atoms with Gasteiger partial charge in [0, 0.05) is 24.1 Å². The third kappa shape index (κ3) is 11.3. The second kappa shape index (κ2) is 15.2. The molecule has 0 aliphatic heterocycles. The Hall–Kier alpha value is -3.79. The highest BCUT2D eigenvalue weighted by molar-refractivity contribution is 7.80. The number of esters is 1. The largest absolute Gasteiger partial charge is 0.466 e. The van der Waals surface area contributed by atoms with E-state index in [4.69, 9.17) is 17.0 Å². The van der Waals surface area contributed by atoms with Crippen LogP contribution in [0.1, 0.15) is 54.9 Å². The Balaban J connectivity index is 1.60. The normalized spacial score (nSPS) is 10.1. The molecule has 0 spiro atoms. The Morgan fingerprint density at radius 2 is 1.57 bits per heavy atom. The van der Waals surface area contributed by atoms with Crippen molar-refractivity contribution in [2.45, 2.75) is 45.4 Å². The zero-order chi connectivity index (χ0) is 25.5. The number of benzene rings is 2. The van der Waals surface area contributed by atoms with Crippen molar-refractivity contribution in [2.75, 3.05) is 11.9 Å². The quantitative estimate of drug-likeness (QED) is 0.162. The summed E-state index contributed by atoms with van der Waals surface area (Å²) in [5.41, 5.74) is 6.90. The van der Waals surface area contributed by atoms with E-state index in [-0.39, 0.29) is 30.5 Å². The predicted molar refractivity (Wildman–Crippen MR) is 136 cm³/mol. The molecule has 0 saturated heterocycles. The van der Waals surface area contributed by atoms with Crippen molar-refractivity contribution in [1.29, 1.82) is 0 Å². The first-order chi connectivity index (χ1) is 16.9. The molecule has 4 N–H and O–H groups in total. The van der Waals surface area contributed by atoms with Crippen LogP contribution < -0.4 is 21.5 Å². The number of ether oxygens (including phenoxy) is 1. The van der Waals surface area contributed by atoms with Gasteiger partial charge >= 0.3 is 5.97 Å². The van der Waals surface area contributed by atoms with Crippen molar-refractivity contribution in [3.8, 4) is 0 Å². The number of hydrazine groups is 1. The minimum absolute atomic E-state index is 0.0761. The fourth-order valence-corrected chi connectivity index (χ4v) is 3.12. The van der Waals surface area contributed by atoms with Gasteiger partial charge in [0.05, 0.1) is 13.0 Å². The molecular formula is C25H30N4O5S. The molecule has 0 aliphatic carbocycles. The Bertz CT molecular complexity index is 1010. The Kier molecular flexibility index (Phi) is 11.9. The molecule has 35 heavy (non-hydrogen) atoms. The topological polar surface area (TPSA) is 126 Å². The second-order valence-corrected chi connectivity index (χ2v) is 8.05. The highest BCUT2D eigenvalue weighted by Crippen LogP contribution is 2.10. The molecule has 0 fully saturated rings. The number of aryl methyl sites for hydroxylation is 1. The fourth-order valence-electron chi connectivity index (χ4n) is 2.96. The number of amides is 3. The van der Waals surface area contributed by atoms with Gasteiger partial charge < -0.3 is 15.4 Å². The summed E-state index contributed by atoms with van der Waals surface area (Å²) in [5.74, 6) is -1.52. The summed E-state index contributed by atoms with van der Waals surface area (Å²) in [5, 5.41) is 5.01. The van der Waals surface area contributed by atoms with Gasteiger partial charge in [-0.25, -0.2) is 0 Å². The number of anilines is 1. The average Bonchev–Trinajstić information content (AvgIpc) is 2.85. The molecule has 0 aliphatic rings. The summed E-state index contributed by atoms with van der Waals surface area (Å²) in [4.78, 5) is 47.6. The van der Waals surface area contributed by atoms with Gasteiger partial charge in [0.2, 0.25) is 11.8 Å². The molecule has 10 heteroatoms. The van der Waals surface area contributed by atoms with Crippen molar-refractivity contribution in [3.63, 3.8) is 0 Å². The smallest absolute Gasteiger partial charge is 0.306 e. The maximum Gasteiger partial charge on any atom is 0.306 e. The van der Waals surface area contributed by atoms with Crippen molar-refractivity contribution < 1.29 is 23.9 Å². The van der Waals surface area contributed by atoms with E-state index in [1.807, 2.05) is 37.3 Å². The van der Waals surface area contributed by atoms with Gasteiger partial charge in [-0.1, -0.05) is 37.3 Å². The van der Waals surface area contributed by atoms with Crippen LogP contribution in [0.4, 0.5) is 5.69 Å². The summed E-state index contributed by atoms with van der Waals surface area (Å²) >= 11 is 4.98. The van der Waals surface area contributed by atoms with Crippen LogP contribution in [0.5, 0.6) is 0 Å². The van der Waals surface area contributed by atoms with E-state index >= 15 is 0 Å². The molecule has 186 valence electrons. The van der Waals surface area contributed by atoms with Crippen LogP contribution in [-0.2, 0) is 25.5 Å². The lowest BCUT2D eigenvalue weighted by Crippen LogP contribution is -2.48. The third-order valence-corrected chi connectivity index (χ3v) is 4.93. The van der Waals surface area contributed by atoms with Crippen molar-refractivity contribution in [2.24, 2.45) is 0 Å². The molecule has 0 heterocycles. The number of thiocarbonyl (C=S) groups is 1. The van der Waals surface area contributed by atoms with Crippen molar-refractivity contribution in [1.82, 2.24) is 16.2 Å². The number of carbonyl (C=O) groups excluding carboxylic acids is 4. The fraction of sp³-hybridized carbons (Fsp3) is 0.320. The first kappa shape index (κ1) is 27.5. The second-order valence-electron chi connectivity index (χ2n) is 7.64. The van der Waals surface area contributed by atoms with Gasteiger partial charge in [0.25, 0.3) is 5.91 Å². The molecule has 0 radical (unpaired) electrons. The molecular weight excluding hydrogens is 468 g/mol. The average molecular weight is 499 g/mol. The van der Waals surface area contributed by atoms with Crippen LogP contribution in [0, 0.1) is 0 Å². The van der Waals surface area contributed by atoms with E-state index < -0.39 is 17.8 Å². The highest BCUT2D eigenvalue weighted by Gasteiger charge is 2.11. The van der Waals surface area contributed by atoms with Crippen LogP contribution in [0.2, 0.25) is 0 Å². The standard InChI is InChI=1S/C25H30N4O5S/c1-2-7-21(30)26-20-13-11-19(12-14-20)24(33)28-29-25(35)27-22(31)15-16-23(32)34-17-6-10-18-8-4-3-5-9-18/h3-5,8-9,11-14H,2,6-7,10,15-17H2,1H3,(H,26,30)(H,28,33)(H2,27,29,31,35). The summed E-state index contributed by atoms with van der Waals surface area (Å²) in [6.45, 7) is 2.20. The summed E-state index contributed by atoms with van der Waals surface area (Å²) in [7, 11) is 0. The molecule has 9 nitrogen and oxygen atoms in total. The highest BCUT2D eigenvalue weighted by atomic mass is 32.1. The van der Waals surface area contributed by atoms with Gasteiger partial charge in [-0.15, -0.1) is 0 Å². The van der Waals surface area contributed by atoms with Crippen LogP contribution >= 0.6 is 12.2 Å². The molecule has 0 aromatic heterocycles. The molecule has 0 atom stereocenters. The van der Waals surface area contributed by atoms with E-state index in [1.54, 1.807) is 24.3 Å². The SMILES string of the molecule is CCCC(=O)Nc1ccc(C(=O)NNC(=S)NC(=O)CCC(=O)OCCCc2ccccc2)cc1. The molecule has 0 saturated carbocycles. The van der Waals surface area contributed by atoms with E-state index in [0.717, 1.165) is 12.8 Å². The van der Waals surface area contributed by atoms with Gasteiger partial charge in [0.1, 0.15) is 0 Å². The molecule has 0 unspecified atom stereocenters. The van der Waals surface area contributed by atoms with E-state index in [1.165, 1.54) is 5.56 Å². The van der Waals surface area contributed by atoms with Gasteiger partial charge in [-0.3, -0.25) is 30.0 Å². The molecule has 2 aromatic carbocycles. The minimum Gasteiger partial charge on any atom is -0.466 e. The summed E-state index contributed by atoms with van der Waals surface area (Å²) in [6, 6.07) is 16.2. The van der Waals surface area contributed by atoms with Crippen molar-refractivity contribution in [3.05, 3.63) is 65.7 Å². The van der Waals surface area contributed by atoms with Crippen LogP contribution in [0.15, 0.2) is 54.6 Å². The third-order valence-electron chi connectivity index (χ3n) is 4.72.